The highest BCUT2D eigenvalue weighted by molar-refractivity contribution is 5.74. The molecular formula is C23H31NO4. The summed E-state index contributed by atoms with van der Waals surface area (Å²) >= 11 is 0. The maximum absolute atomic E-state index is 11.9. The first kappa shape index (κ1) is 23.2. The van der Waals surface area contributed by atoms with E-state index in [1.807, 2.05) is 65.0 Å². The second kappa shape index (κ2) is 10.5. The van der Waals surface area contributed by atoms with Gasteiger partial charge >= 0.3 is 6.09 Å². The number of ether oxygens (including phenoxy) is 1. The van der Waals surface area contributed by atoms with Crippen LogP contribution in [-0.2, 0) is 11.3 Å². The van der Waals surface area contributed by atoms with Crippen molar-refractivity contribution in [1.82, 2.24) is 5.32 Å². The van der Waals surface area contributed by atoms with Gasteiger partial charge in [0, 0.05) is 24.4 Å². The first-order valence-corrected chi connectivity index (χ1v) is 9.08. The first-order chi connectivity index (χ1) is 13.2. The van der Waals surface area contributed by atoms with E-state index in [1.54, 1.807) is 6.26 Å². The predicted octanol–water partition coefficient (Wildman–Crippen LogP) is 3.49. The van der Waals surface area contributed by atoms with Crippen LogP contribution in [0.4, 0.5) is 4.79 Å². The monoisotopic (exact) mass is 385 g/mol. The Bertz CT molecular complexity index is 913. The average Bonchev–Trinajstić information content (AvgIpc) is 3.04. The minimum absolute atomic E-state index is 0.389. The molecule has 0 saturated carbocycles. The first-order valence-electron chi connectivity index (χ1n) is 9.08. The molecule has 0 aliphatic heterocycles. The molecule has 1 heterocycles. The quantitative estimate of drug-likeness (QED) is 0.845. The van der Waals surface area contributed by atoms with E-state index < -0.39 is 11.7 Å². The molecule has 0 spiro atoms. The van der Waals surface area contributed by atoms with Gasteiger partial charge in [0.25, 0.3) is 0 Å². The summed E-state index contributed by atoms with van der Waals surface area (Å²) < 4.78 is 10.9. The van der Waals surface area contributed by atoms with Gasteiger partial charge in [-0.3, -0.25) is 0 Å². The van der Waals surface area contributed by atoms with Crippen molar-refractivity contribution in [3.63, 3.8) is 0 Å². The number of hydrogen-bond donors (Lipinski definition) is 2. The van der Waals surface area contributed by atoms with Crippen LogP contribution >= 0.6 is 0 Å². The Morgan fingerprint density at radius 2 is 1.93 bits per heavy atom. The molecule has 1 amide bonds. The number of rotatable bonds is 4. The van der Waals surface area contributed by atoms with Gasteiger partial charge in [0.2, 0.25) is 0 Å². The van der Waals surface area contributed by atoms with Crippen molar-refractivity contribution in [2.24, 2.45) is 0 Å². The van der Waals surface area contributed by atoms with E-state index in [0.717, 1.165) is 40.0 Å². The summed E-state index contributed by atoms with van der Waals surface area (Å²) in [4.78, 5) is 11.9. The zero-order chi connectivity index (χ0) is 21.3. The Kier molecular flexibility index (Phi) is 8.74. The van der Waals surface area contributed by atoms with Gasteiger partial charge in [-0.15, -0.1) is 0 Å². The van der Waals surface area contributed by atoms with Crippen molar-refractivity contribution in [1.29, 1.82) is 0 Å². The third-order valence-corrected chi connectivity index (χ3v) is 3.50. The highest BCUT2D eigenvalue weighted by atomic mass is 16.6. The summed E-state index contributed by atoms with van der Waals surface area (Å²) in [6.07, 6.45) is 3.29. The molecule has 152 valence electrons. The van der Waals surface area contributed by atoms with Gasteiger partial charge in [-0.25, -0.2) is 4.79 Å². The second-order valence-corrected chi connectivity index (χ2v) is 7.47. The Morgan fingerprint density at radius 1 is 1.25 bits per heavy atom. The third-order valence-electron chi connectivity index (χ3n) is 3.50. The van der Waals surface area contributed by atoms with E-state index in [4.69, 9.17) is 14.3 Å². The van der Waals surface area contributed by atoms with Crippen LogP contribution in [0.1, 0.15) is 45.7 Å². The van der Waals surface area contributed by atoms with E-state index in [2.05, 4.69) is 18.0 Å². The Labute approximate surface area is 167 Å². The fourth-order valence-corrected chi connectivity index (χ4v) is 2.48. The number of furan rings is 1. The number of alkyl carbamates (subject to hydrolysis) is 1. The van der Waals surface area contributed by atoms with Crippen molar-refractivity contribution in [3.05, 3.63) is 70.0 Å². The molecule has 5 nitrogen and oxygen atoms in total. The maximum Gasteiger partial charge on any atom is 0.407 e. The van der Waals surface area contributed by atoms with Crippen molar-refractivity contribution < 1.29 is 19.1 Å². The van der Waals surface area contributed by atoms with Crippen LogP contribution in [-0.4, -0.2) is 23.9 Å². The lowest BCUT2D eigenvalue weighted by Gasteiger charge is -2.19. The van der Waals surface area contributed by atoms with Crippen LogP contribution in [0.25, 0.3) is 12.2 Å². The number of aliphatic hydroxyl groups is 1. The number of aliphatic hydroxyl groups excluding tert-OH is 1. The van der Waals surface area contributed by atoms with Crippen molar-refractivity contribution in [2.75, 3.05) is 7.11 Å². The van der Waals surface area contributed by atoms with Crippen molar-refractivity contribution >= 4 is 18.2 Å². The molecule has 0 saturated heterocycles. The molecule has 0 radical (unpaired) electrons. The van der Waals surface area contributed by atoms with Crippen LogP contribution in [0.2, 0.25) is 0 Å². The molecule has 0 bridgehead atoms. The van der Waals surface area contributed by atoms with Crippen molar-refractivity contribution in [2.45, 2.75) is 46.8 Å². The Hall–Kier alpha value is -2.79. The summed E-state index contributed by atoms with van der Waals surface area (Å²) in [5.74, 6) is 0. The lowest BCUT2D eigenvalue weighted by molar-refractivity contribution is 0.0523. The number of benzene rings is 1. The standard InChI is InChI=1S/C22H27NO3.CH4O/c1-15(2)12-19(20-16(3)10-11-25-20)18-9-7-8-17(13-18)14-23-21(24)26-22(4,5)6;1-2/h7-13H,3,14H2,1-2,4-6H3,(H,23,24);2H,1H3/b20-19-;. The third kappa shape index (κ3) is 7.45. The molecule has 0 fully saturated rings. The smallest absolute Gasteiger partial charge is 0.407 e. The molecule has 2 aromatic rings. The van der Waals surface area contributed by atoms with Crippen LogP contribution in [0.15, 0.2) is 52.7 Å². The van der Waals surface area contributed by atoms with Gasteiger partial charge in [-0.05, 0) is 57.9 Å². The second-order valence-electron chi connectivity index (χ2n) is 7.47. The minimum atomic E-state index is -0.514. The molecule has 0 aliphatic carbocycles. The maximum atomic E-state index is 11.9. The van der Waals surface area contributed by atoms with Crippen LogP contribution in [0.5, 0.6) is 0 Å². The average molecular weight is 386 g/mol. The number of nitrogens with one attached hydrogen (secondary N) is 1. The van der Waals surface area contributed by atoms with Gasteiger partial charge in [0.15, 0.2) is 0 Å². The topological polar surface area (TPSA) is 71.7 Å². The molecule has 2 rings (SSSR count). The fraction of sp³-hybridized carbons (Fsp3) is 0.348. The zero-order valence-corrected chi connectivity index (χ0v) is 17.6. The van der Waals surface area contributed by atoms with E-state index in [1.165, 1.54) is 0 Å². The van der Waals surface area contributed by atoms with Crippen LogP contribution in [0.3, 0.4) is 0 Å². The van der Waals surface area contributed by atoms with Gasteiger partial charge in [-0.2, -0.15) is 0 Å². The summed E-state index contributed by atoms with van der Waals surface area (Å²) in [7, 11) is 1.00. The van der Waals surface area contributed by atoms with E-state index in [0.29, 0.717) is 6.54 Å². The number of amides is 1. The molecule has 28 heavy (non-hydrogen) atoms. The van der Waals surface area contributed by atoms with Gasteiger partial charge in [-0.1, -0.05) is 36.4 Å². The summed E-state index contributed by atoms with van der Waals surface area (Å²) in [5.41, 5.74) is 4.36. The lowest BCUT2D eigenvalue weighted by Crippen LogP contribution is -2.32. The molecule has 1 aromatic carbocycles. The van der Waals surface area contributed by atoms with Gasteiger partial charge in [0.05, 0.1) is 6.26 Å². The molecule has 0 aliphatic rings. The predicted molar refractivity (Wildman–Crippen MR) is 113 cm³/mol. The van der Waals surface area contributed by atoms with Crippen molar-refractivity contribution in [3.8, 4) is 0 Å². The number of allylic oxidation sites excluding steroid dienone is 2. The summed E-state index contributed by atoms with van der Waals surface area (Å²) in [5, 5.41) is 10.6. The Balaban J connectivity index is 0.00000190. The molecular weight excluding hydrogens is 354 g/mol. The SMILES string of the molecule is C=c1cco/c1=C(/C=C(C)C)c1cccc(CNC(=O)OC(C)(C)C)c1.CO. The molecule has 0 atom stereocenters. The number of carbonyl (C=O) groups excluding carboxylic acids is 1. The Morgan fingerprint density at radius 3 is 2.46 bits per heavy atom. The van der Waals surface area contributed by atoms with Crippen LogP contribution < -0.4 is 16.0 Å². The zero-order valence-electron chi connectivity index (χ0n) is 17.6. The highest BCUT2D eigenvalue weighted by Gasteiger charge is 2.15. The minimum Gasteiger partial charge on any atom is -0.464 e. The lowest BCUT2D eigenvalue weighted by atomic mass is 10.0. The van der Waals surface area contributed by atoms with Crippen LogP contribution in [0, 0.1) is 0 Å². The van der Waals surface area contributed by atoms with Gasteiger partial charge < -0.3 is 19.6 Å². The van der Waals surface area contributed by atoms with E-state index in [-0.39, 0.29) is 0 Å². The van der Waals surface area contributed by atoms with E-state index in [9.17, 15) is 4.79 Å². The van der Waals surface area contributed by atoms with Gasteiger partial charge in [0.1, 0.15) is 11.0 Å². The summed E-state index contributed by atoms with van der Waals surface area (Å²) in [6, 6.07) is 9.84. The fourth-order valence-electron chi connectivity index (χ4n) is 2.48. The summed E-state index contributed by atoms with van der Waals surface area (Å²) in [6.45, 7) is 14.0. The largest absolute Gasteiger partial charge is 0.464 e. The van der Waals surface area contributed by atoms with E-state index >= 15 is 0 Å². The molecule has 1 aromatic heterocycles. The molecule has 0 unspecified atom stereocenters. The number of hydrogen-bond acceptors (Lipinski definition) is 4. The highest BCUT2D eigenvalue weighted by Crippen LogP contribution is 2.17. The molecule has 5 heteroatoms. The number of carbonyl (C=O) groups is 1. The normalized spacial score (nSPS) is 11.7. The molecule has 2 N–H and O–H groups in total.